The Morgan fingerprint density at radius 3 is 2.29 bits per heavy atom. The summed E-state index contributed by atoms with van der Waals surface area (Å²) in [7, 11) is 0. The van der Waals surface area contributed by atoms with Crippen LogP contribution in [0, 0.1) is 0 Å². The number of benzene rings is 1. The monoisotopic (exact) mass is 539 g/mol. The number of nitrogens with zero attached hydrogens (tertiary/aromatic N) is 3. The molecule has 0 aliphatic carbocycles. The van der Waals surface area contributed by atoms with Crippen LogP contribution >= 0.6 is 12.2 Å². The van der Waals surface area contributed by atoms with E-state index < -0.39 is 23.5 Å². The maximum Gasteiger partial charge on any atom is 0.306 e. The predicted molar refractivity (Wildman–Crippen MR) is 150 cm³/mol. The highest BCUT2D eigenvalue weighted by molar-refractivity contribution is 7.80. The van der Waals surface area contributed by atoms with Crippen molar-refractivity contribution in [3.8, 4) is 11.3 Å². The Morgan fingerprint density at radius 1 is 1.00 bits per heavy atom. The Bertz CT molecular complexity index is 1130. The second-order valence-corrected chi connectivity index (χ2v) is 10.5. The summed E-state index contributed by atoms with van der Waals surface area (Å²) < 4.78 is 5.41. The van der Waals surface area contributed by atoms with E-state index in [1.165, 1.54) is 0 Å². The number of carbonyl (C=O) groups excluding carboxylic acids is 3. The summed E-state index contributed by atoms with van der Waals surface area (Å²) in [5.74, 6) is -1.14. The van der Waals surface area contributed by atoms with Gasteiger partial charge < -0.3 is 25.2 Å². The number of piperazine rings is 1. The van der Waals surface area contributed by atoms with Crippen LogP contribution < -0.4 is 10.6 Å². The fourth-order valence-electron chi connectivity index (χ4n) is 4.09. The number of rotatable bonds is 8. The van der Waals surface area contributed by atoms with Crippen LogP contribution in [-0.4, -0.2) is 82.0 Å². The first-order valence-electron chi connectivity index (χ1n) is 12.9. The number of thiocarbonyl (C=S) groups is 1. The van der Waals surface area contributed by atoms with Crippen molar-refractivity contribution in [2.75, 3.05) is 32.7 Å². The van der Waals surface area contributed by atoms with E-state index in [1.54, 1.807) is 37.8 Å². The number of pyridine rings is 1. The summed E-state index contributed by atoms with van der Waals surface area (Å²) in [5.41, 5.74) is 1.10. The van der Waals surface area contributed by atoms with Gasteiger partial charge in [-0.15, -0.1) is 0 Å². The molecule has 1 atom stereocenters. The zero-order chi connectivity index (χ0) is 27.7. The molecule has 2 aromatic rings. The molecule has 2 N–H and O–H groups in total. The van der Waals surface area contributed by atoms with Crippen molar-refractivity contribution >= 4 is 35.1 Å². The minimum atomic E-state index is -0.899. The highest BCUT2D eigenvalue weighted by Crippen LogP contribution is 2.17. The summed E-state index contributed by atoms with van der Waals surface area (Å²) in [6, 6.07) is 13.8. The van der Waals surface area contributed by atoms with Gasteiger partial charge in [0.25, 0.3) is 5.91 Å². The molecule has 9 nitrogen and oxygen atoms in total. The number of amides is 2. The molecule has 10 heteroatoms. The number of hydrogen-bond donors (Lipinski definition) is 2. The zero-order valence-corrected chi connectivity index (χ0v) is 23.3. The van der Waals surface area contributed by atoms with Crippen LogP contribution in [0.1, 0.15) is 51.0 Å². The van der Waals surface area contributed by atoms with Gasteiger partial charge in [-0.2, -0.15) is 0 Å². The second kappa shape index (κ2) is 13.3. The van der Waals surface area contributed by atoms with E-state index in [1.807, 2.05) is 48.2 Å². The van der Waals surface area contributed by atoms with Crippen LogP contribution in [0.3, 0.4) is 0 Å². The minimum Gasteiger partial charge on any atom is -0.460 e. The van der Waals surface area contributed by atoms with Gasteiger partial charge in [0.1, 0.15) is 17.3 Å². The van der Waals surface area contributed by atoms with Crippen LogP contribution in [0.25, 0.3) is 11.3 Å². The third kappa shape index (κ3) is 8.51. The Balaban J connectivity index is 1.72. The van der Waals surface area contributed by atoms with Crippen LogP contribution in [0.5, 0.6) is 0 Å². The lowest BCUT2D eigenvalue weighted by molar-refractivity contribution is -0.155. The molecule has 2 amide bonds. The molecule has 2 heterocycles. The molecule has 38 heavy (non-hydrogen) atoms. The van der Waals surface area contributed by atoms with Crippen LogP contribution in [-0.2, 0) is 14.3 Å². The number of esters is 1. The van der Waals surface area contributed by atoms with E-state index in [2.05, 4.69) is 15.6 Å². The summed E-state index contributed by atoms with van der Waals surface area (Å²) in [6.45, 7) is 10.2. The molecular weight excluding hydrogens is 502 g/mol. The molecule has 1 fully saturated rings. The molecule has 1 aromatic carbocycles. The van der Waals surface area contributed by atoms with Crippen LogP contribution in [0.15, 0.2) is 48.5 Å². The Hall–Kier alpha value is -3.53. The largest absolute Gasteiger partial charge is 0.460 e. The first-order chi connectivity index (χ1) is 18.1. The fraction of sp³-hybridized carbons (Fsp3) is 0.464. The van der Waals surface area contributed by atoms with Crippen molar-refractivity contribution in [1.29, 1.82) is 0 Å². The predicted octanol–water partition coefficient (Wildman–Crippen LogP) is 3.01. The van der Waals surface area contributed by atoms with Crippen LogP contribution in [0.4, 0.5) is 0 Å². The normalized spacial score (nSPS) is 14.4. The van der Waals surface area contributed by atoms with Gasteiger partial charge in [0, 0.05) is 44.7 Å². The van der Waals surface area contributed by atoms with Crippen molar-refractivity contribution in [2.24, 2.45) is 0 Å². The first kappa shape index (κ1) is 29.0. The van der Waals surface area contributed by atoms with Gasteiger partial charge in [-0.3, -0.25) is 14.4 Å². The Kier molecular flexibility index (Phi) is 10.2. The average Bonchev–Trinajstić information content (AvgIpc) is 2.90. The standard InChI is InChI=1S/C28H37N5O4S/c1-5-29-27(38)33-18-16-32(17-19-33)26(36)23(14-15-24(34)37-28(2,3)4)31-25(35)22-13-9-12-21(30-22)20-10-7-6-8-11-20/h6-13,23H,5,14-19H2,1-4H3,(H,29,38)(H,31,35)/t23-/m0/s1. The molecule has 204 valence electrons. The number of hydrogen-bond acceptors (Lipinski definition) is 6. The maximum absolute atomic E-state index is 13.5. The molecule has 1 saturated heterocycles. The van der Waals surface area contributed by atoms with Gasteiger partial charge in [-0.05, 0) is 58.5 Å². The highest BCUT2D eigenvalue weighted by Gasteiger charge is 2.31. The Morgan fingerprint density at radius 2 is 1.66 bits per heavy atom. The topological polar surface area (TPSA) is 104 Å². The summed E-state index contributed by atoms with van der Waals surface area (Å²) in [5, 5.41) is 6.63. The van der Waals surface area contributed by atoms with Crippen molar-refractivity contribution in [3.63, 3.8) is 0 Å². The van der Waals surface area contributed by atoms with Crippen molar-refractivity contribution in [1.82, 2.24) is 25.4 Å². The SMILES string of the molecule is CCNC(=S)N1CCN(C(=O)[C@H](CCC(=O)OC(C)(C)C)NC(=O)c2cccc(-c3ccccc3)n2)CC1. The van der Waals surface area contributed by atoms with E-state index in [0.29, 0.717) is 37.0 Å². The molecule has 0 radical (unpaired) electrons. The van der Waals surface area contributed by atoms with Gasteiger partial charge in [-0.1, -0.05) is 36.4 Å². The van der Waals surface area contributed by atoms with E-state index in [9.17, 15) is 14.4 Å². The zero-order valence-electron chi connectivity index (χ0n) is 22.5. The second-order valence-electron chi connectivity index (χ2n) is 10.1. The van der Waals surface area contributed by atoms with E-state index in [-0.39, 0.29) is 24.4 Å². The molecule has 0 unspecified atom stereocenters. The number of aromatic nitrogens is 1. The summed E-state index contributed by atoms with van der Waals surface area (Å²) >= 11 is 5.40. The molecular formula is C28H37N5O4S. The minimum absolute atomic E-state index is 0.00406. The molecule has 0 saturated carbocycles. The summed E-state index contributed by atoms with van der Waals surface area (Å²) in [6.07, 6.45) is 0.115. The van der Waals surface area contributed by atoms with E-state index in [4.69, 9.17) is 17.0 Å². The smallest absolute Gasteiger partial charge is 0.306 e. The highest BCUT2D eigenvalue weighted by atomic mass is 32.1. The van der Waals surface area contributed by atoms with Crippen LogP contribution in [0.2, 0.25) is 0 Å². The van der Waals surface area contributed by atoms with Gasteiger partial charge in [0.15, 0.2) is 5.11 Å². The van der Waals surface area contributed by atoms with E-state index in [0.717, 1.165) is 12.1 Å². The van der Waals surface area contributed by atoms with Gasteiger partial charge in [-0.25, -0.2) is 4.98 Å². The first-order valence-corrected chi connectivity index (χ1v) is 13.3. The summed E-state index contributed by atoms with van der Waals surface area (Å²) in [4.78, 5) is 47.4. The number of carbonyl (C=O) groups is 3. The molecule has 1 aliphatic heterocycles. The van der Waals surface area contributed by atoms with Crippen molar-refractivity contribution < 1.29 is 19.1 Å². The molecule has 0 bridgehead atoms. The average molecular weight is 540 g/mol. The molecule has 3 rings (SSSR count). The quantitative estimate of drug-likeness (QED) is 0.390. The lowest BCUT2D eigenvalue weighted by atomic mass is 10.1. The van der Waals surface area contributed by atoms with Gasteiger partial charge in [0.2, 0.25) is 5.91 Å². The fourth-order valence-corrected chi connectivity index (χ4v) is 4.42. The van der Waals surface area contributed by atoms with Gasteiger partial charge in [0.05, 0.1) is 5.69 Å². The third-order valence-corrected chi connectivity index (χ3v) is 6.32. The number of ether oxygens (including phenoxy) is 1. The number of nitrogens with one attached hydrogen (secondary N) is 2. The van der Waals surface area contributed by atoms with Gasteiger partial charge >= 0.3 is 5.97 Å². The third-order valence-electron chi connectivity index (χ3n) is 5.92. The van der Waals surface area contributed by atoms with Crippen molar-refractivity contribution in [3.05, 3.63) is 54.2 Å². The molecule has 0 spiro atoms. The van der Waals surface area contributed by atoms with Crippen molar-refractivity contribution in [2.45, 2.75) is 52.2 Å². The van der Waals surface area contributed by atoms with E-state index >= 15 is 0 Å². The maximum atomic E-state index is 13.5. The lowest BCUT2D eigenvalue weighted by Gasteiger charge is -2.37. The molecule has 1 aromatic heterocycles. The molecule has 1 aliphatic rings. The Labute approximate surface area is 229 Å². The lowest BCUT2D eigenvalue weighted by Crippen LogP contribution is -2.57.